The maximum Gasteiger partial charge on any atom is 0.323 e. The number of hydrogen-bond acceptors (Lipinski definition) is 2. The number of carbonyl (C=O) groups excluding carboxylic acids is 1. The largest absolute Gasteiger partial charge is 0.323 e. The zero-order valence-corrected chi connectivity index (χ0v) is 9.16. The molecule has 14 heavy (non-hydrogen) atoms. The highest BCUT2D eigenvalue weighted by Crippen LogP contribution is 2.11. The molecule has 0 saturated carbocycles. The van der Waals surface area contributed by atoms with E-state index in [0.717, 1.165) is 10.7 Å². The van der Waals surface area contributed by atoms with Crippen molar-refractivity contribution in [1.29, 1.82) is 0 Å². The van der Waals surface area contributed by atoms with Crippen LogP contribution in [0.25, 0.3) is 0 Å². The maximum atomic E-state index is 11.9. The Kier molecular flexibility index (Phi) is 3.01. The summed E-state index contributed by atoms with van der Waals surface area (Å²) >= 11 is 0. The Labute approximate surface area is 84.8 Å². The van der Waals surface area contributed by atoms with Gasteiger partial charge < -0.3 is 0 Å². The first-order valence-electron chi connectivity index (χ1n) is 4.72. The number of hydrogen-bond donors (Lipinski definition) is 1. The fourth-order valence-corrected chi connectivity index (χ4v) is 1.26. The molecule has 0 aliphatic heterocycles. The highest BCUT2D eigenvalue weighted by atomic mass is 16.2. The molecule has 0 fully saturated rings. The van der Waals surface area contributed by atoms with Crippen LogP contribution in [0.4, 0.5) is 5.82 Å². The Morgan fingerprint density at radius 3 is 2.43 bits per heavy atom. The number of nitrogens with one attached hydrogen (secondary N) is 1. The molecule has 3 nitrogen and oxygen atoms in total. The lowest BCUT2D eigenvalue weighted by Gasteiger charge is -2.19. The molecule has 1 N–H and O–H groups in total. The second kappa shape index (κ2) is 3.88. The van der Waals surface area contributed by atoms with Crippen LogP contribution in [-0.4, -0.2) is 17.9 Å². The van der Waals surface area contributed by atoms with E-state index in [1.807, 2.05) is 46.0 Å². The van der Waals surface area contributed by atoms with Crippen molar-refractivity contribution in [3.63, 3.8) is 0 Å². The number of quaternary nitrogens is 1. The molecule has 0 aliphatic carbocycles. The SMILES string of the molecule is C[NH+](C(=O)C(C)(C)C)c1ccccn1. The summed E-state index contributed by atoms with van der Waals surface area (Å²) in [5.74, 6) is 0.920. The molecular weight excluding hydrogens is 176 g/mol. The predicted octanol–water partition coefficient (Wildman–Crippen LogP) is 0.800. The number of rotatable bonds is 1. The van der Waals surface area contributed by atoms with Gasteiger partial charge >= 0.3 is 5.91 Å². The molecule has 1 heterocycles. The topological polar surface area (TPSA) is 34.4 Å². The van der Waals surface area contributed by atoms with Crippen LogP contribution >= 0.6 is 0 Å². The Morgan fingerprint density at radius 1 is 1.36 bits per heavy atom. The van der Waals surface area contributed by atoms with Crippen molar-refractivity contribution in [3.05, 3.63) is 24.4 Å². The summed E-state index contributed by atoms with van der Waals surface area (Å²) in [5.41, 5.74) is -0.332. The molecule has 1 aromatic heterocycles. The Hall–Kier alpha value is -1.22. The second-order valence-corrected chi connectivity index (χ2v) is 4.42. The molecule has 3 heteroatoms. The van der Waals surface area contributed by atoms with Gasteiger partial charge in [0.2, 0.25) is 5.82 Å². The lowest BCUT2D eigenvalue weighted by Crippen LogP contribution is -3.08. The molecular formula is C11H17N2O+. The van der Waals surface area contributed by atoms with Crippen LogP contribution < -0.4 is 4.90 Å². The van der Waals surface area contributed by atoms with Gasteiger partial charge in [-0.05, 0) is 26.8 Å². The summed E-state index contributed by atoms with van der Waals surface area (Å²) in [4.78, 5) is 16.8. The van der Waals surface area contributed by atoms with Crippen molar-refractivity contribution >= 4 is 11.7 Å². The molecule has 0 aliphatic rings. The van der Waals surface area contributed by atoms with Crippen LogP contribution in [-0.2, 0) is 4.79 Å². The fraction of sp³-hybridized carbons (Fsp3) is 0.455. The fourth-order valence-electron chi connectivity index (χ4n) is 1.26. The average Bonchev–Trinajstić information content (AvgIpc) is 2.15. The van der Waals surface area contributed by atoms with E-state index in [4.69, 9.17) is 0 Å². The summed E-state index contributed by atoms with van der Waals surface area (Å²) < 4.78 is 0. The summed E-state index contributed by atoms with van der Waals surface area (Å²) in [6.45, 7) is 5.76. The lowest BCUT2D eigenvalue weighted by atomic mass is 9.95. The van der Waals surface area contributed by atoms with Gasteiger partial charge in [-0.2, -0.15) is 0 Å². The number of nitrogens with zero attached hydrogens (tertiary/aromatic N) is 1. The Bertz CT molecular complexity index is 314. The van der Waals surface area contributed by atoms with Gasteiger partial charge in [0.15, 0.2) is 0 Å². The van der Waals surface area contributed by atoms with Crippen molar-refractivity contribution in [2.24, 2.45) is 5.41 Å². The minimum atomic E-state index is -0.332. The molecule has 0 aromatic carbocycles. The van der Waals surface area contributed by atoms with Gasteiger partial charge in [-0.3, -0.25) is 0 Å². The van der Waals surface area contributed by atoms with Gasteiger partial charge in [0, 0.05) is 12.3 Å². The third-order valence-electron chi connectivity index (χ3n) is 2.07. The van der Waals surface area contributed by atoms with E-state index in [0.29, 0.717) is 0 Å². The van der Waals surface area contributed by atoms with Crippen LogP contribution in [0.15, 0.2) is 24.4 Å². The first-order valence-corrected chi connectivity index (χ1v) is 4.72. The number of amides is 1. The molecule has 1 amide bonds. The quantitative estimate of drug-likeness (QED) is 0.716. The molecule has 1 atom stereocenters. The van der Waals surface area contributed by atoms with Crippen molar-refractivity contribution in [1.82, 2.24) is 4.98 Å². The van der Waals surface area contributed by atoms with E-state index in [9.17, 15) is 4.79 Å². The van der Waals surface area contributed by atoms with Crippen molar-refractivity contribution in [2.75, 3.05) is 7.05 Å². The number of aromatic nitrogens is 1. The van der Waals surface area contributed by atoms with E-state index in [2.05, 4.69) is 4.98 Å². The minimum absolute atomic E-state index is 0.149. The van der Waals surface area contributed by atoms with Gasteiger partial charge in [-0.15, -0.1) is 0 Å². The van der Waals surface area contributed by atoms with Gasteiger partial charge in [-0.1, -0.05) is 6.07 Å². The van der Waals surface area contributed by atoms with E-state index < -0.39 is 0 Å². The normalized spacial score (nSPS) is 13.7. The van der Waals surface area contributed by atoms with Crippen molar-refractivity contribution in [2.45, 2.75) is 20.8 Å². The third kappa shape index (κ3) is 2.39. The van der Waals surface area contributed by atoms with Crippen LogP contribution in [0.3, 0.4) is 0 Å². The summed E-state index contributed by atoms with van der Waals surface area (Å²) in [7, 11) is 1.83. The molecule has 76 valence electrons. The summed E-state index contributed by atoms with van der Waals surface area (Å²) in [6, 6.07) is 5.60. The molecule has 1 aromatic rings. The average molecular weight is 193 g/mol. The van der Waals surface area contributed by atoms with Crippen LogP contribution in [0, 0.1) is 5.41 Å². The molecule has 0 saturated heterocycles. The van der Waals surface area contributed by atoms with Gasteiger partial charge in [-0.25, -0.2) is 14.7 Å². The van der Waals surface area contributed by atoms with Crippen LogP contribution in [0.1, 0.15) is 20.8 Å². The second-order valence-electron chi connectivity index (χ2n) is 4.42. The minimum Gasteiger partial charge on any atom is -0.230 e. The predicted molar refractivity (Wildman–Crippen MR) is 55.2 cm³/mol. The summed E-state index contributed by atoms with van der Waals surface area (Å²) in [6.07, 6.45) is 1.70. The van der Waals surface area contributed by atoms with Crippen molar-refractivity contribution in [3.8, 4) is 0 Å². The Balaban J connectivity index is 2.87. The maximum absolute atomic E-state index is 11.9. The molecule has 1 rings (SSSR count). The molecule has 1 unspecified atom stereocenters. The molecule has 0 spiro atoms. The first kappa shape index (κ1) is 10.9. The zero-order valence-electron chi connectivity index (χ0n) is 9.16. The van der Waals surface area contributed by atoms with Gasteiger partial charge in [0.05, 0.1) is 12.5 Å². The monoisotopic (exact) mass is 193 g/mol. The van der Waals surface area contributed by atoms with E-state index >= 15 is 0 Å². The van der Waals surface area contributed by atoms with E-state index in [-0.39, 0.29) is 11.3 Å². The smallest absolute Gasteiger partial charge is 0.230 e. The van der Waals surface area contributed by atoms with Gasteiger partial charge in [0.1, 0.15) is 0 Å². The first-order chi connectivity index (χ1) is 6.43. The van der Waals surface area contributed by atoms with Crippen molar-refractivity contribution < 1.29 is 9.69 Å². The third-order valence-corrected chi connectivity index (χ3v) is 2.07. The van der Waals surface area contributed by atoms with Crippen LogP contribution in [0.5, 0.6) is 0 Å². The highest BCUT2D eigenvalue weighted by molar-refractivity contribution is 5.74. The van der Waals surface area contributed by atoms with Gasteiger partial charge in [0.25, 0.3) is 0 Å². The molecule has 0 bridgehead atoms. The van der Waals surface area contributed by atoms with E-state index in [1.165, 1.54) is 0 Å². The molecule has 0 radical (unpaired) electrons. The van der Waals surface area contributed by atoms with E-state index in [1.54, 1.807) is 6.20 Å². The number of carbonyl (C=O) groups is 1. The van der Waals surface area contributed by atoms with Crippen LogP contribution in [0.2, 0.25) is 0 Å². The standard InChI is InChI=1S/C11H16N2O/c1-11(2,3)10(14)13(4)9-7-5-6-8-12-9/h5-8H,1-4H3/p+1. The zero-order chi connectivity index (χ0) is 10.8. The highest BCUT2D eigenvalue weighted by Gasteiger charge is 2.31. The Morgan fingerprint density at radius 2 is 2.00 bits per heavy atom. The summed E-state index contributed by atoms with van der Waals surface area (Å²) in [5, 5.41) is 0. The lowest BCUT2D eigenvalue weighted by molar-refractivity contribution is -0.731. The number of pyridine rings is 1.